The summed E-state index contributed by atoms with van der Waals surface area (Å²) in [6, 6.07) is 4.50. The van der Waals surface area contributed by atoms with Gasteiger partial charge < -0.3 is 14.8 Å². The Hall–Kier alpha value is -2.32. The largest absolute Gasteiger partial charge is 0.447 e. The number of aliphatic hydroxyl groups is 1. The van der Waals surface area contributed by atoms with E-state index in [1.165, 1.54) is 6.07 Å². The van der Waals surface area contributed by atoms with Crippen LogP contribution in [-0.2, 0) is 22.0 Å². The second-order valence-corrected chi connectivity index (χ2v) is 11.2. The highest BCUT2D eigenvalue weighted by molar-refractivity contribution is 7.89. The molecule has 1 aliphatic carbocycles. The number of furan rings is 1. The molecule has 0 bridgehead atoms. The molecule has 0 spiro atoms. The average Bonchev–Trinajstić information content (AvgIpc) is 3.06. The van der Waals surface area contributed by atoms with Crippen LogP contribution in [0, 0.1) is 6.92 Å². The fourth-order valence-corrected chi connectivity index (χ4v) is 5.16. The van der Waals surface area contributed by atoms with Crippen LogP contribution in [-0.4, -0.2) is 19.6 Å². The van der Waals surface area contributed by atoms with Crippen molar-refractivity contribution in [3.8, 4) is 0 Å². The molecule has 1 unspecified atom stereocenters. The van der Waals surface area contributed by atoms with E-state index in [4.69, 9.17) is 4.42 Å². The first kappa shape index (κ1) is 24.3. The Kier molecular flexibility index (Phi) is 6.77. The molecule has 32 heavy (non-hydrogen) atoms. The molecule has 176 valence electrons. The molecule has 8 heteroatoms. The lowest BCUT2D eigenvalue weighted by atomic mass is 9.90. The molecule has 0 radical (unpaired) electrons. The molecular formula is C24H34N2O5S. The van der Waals surface area contributed by atoms with Gasteiger partial charge in [0.15, 0.2) is 0 Å². The number of carbonyl (C=O) groups is 1. The zero-order chi connectivity index (χ0) is 23.8. The lowest BCUT2D eigenvalue weighted by Crippen LogP contribution is -2.35. The van der Waals surface area contributed by atoms with Crippen LogP contribution < -0.4 is 10.0 Å². The van der Waals surface area contributed by atoms with Crippen molar-refractivity contribution < 1.29 is 22.7 Å². The van der Waals surface area contributed by atoms with Crippen LogP contribution in [0.2, 0.25) is 0 Å². The van der Waals surface area contributed by atoms with E-state index in [0.717, 1.165) is 29.5 Å². The molecular weight excluding hydrogens is 428 g/mol. The normalized spacial score (nSPS) is 19.0. The second kappa shape index (κ2) is 8.90. The molecule has 2 amide bonds. The number of sulfonamides is 1. The third-order valence-corrected chi connectivity index (χ3v) is 7.19. The molecule has 1 atom stereocenters. The minimum Gasteiger partial charge on any atom is -0.447 e. The minimum absolute atomic E-state index is 0.141. The van der Waals surface area contributed by atoms with E-state index in [1.54, 1.807) is 6.92 Å². The number of rotatable bonds is 5. The second-order valence-electron chi connectivity index (χ2n) is 9.57. The maximum Gasteiger partial charge on any atom is 0.333 e. The zero-order valence-electron chi connectivity index (χ0n) is 19.7. The van der Waals surface area contributed by atoms with Crippen molar-refractivity contribution in [2.45, 2.75) is 89.8 Å². The summed E-state index contributed by atoms with van der Waals surface area (Å²) in [4.78, 5) is 12.8. The summed E-state index contributed by atoms with van der Waals surface area (Å²) in [5.41, 5.74) is 2.92. The van der Waals surface area contributed by atoms with Crippen molar-refractivity contribution in [2.75, 3.05) is 5.32 Å². The predicted octanol–water partition coefficient (Wildman–Crippen LogP) is 5.28. The summed E-state index contributed by atoms with van der Waals surface area (Å²) < 4.78 is 33.4. The Balaban J connectivity index is 1.89. The van der Waals surface area contributed by atoms with Crippen LogP contribution in [0.1, 0.15) is 93.7 Å². The number of fused-ring (bicyclic) bond motifs is 1. The summed E-state index contributed by atoms with van der Waals surface area (Å²) in [6.45, 7) is 11.8. The number of aryl methyl sites for hydroxylation is 2. The first-order valence-electron chi connectivity index (χ1n) is 11.2. The Morgan fingerprint density at radius 1 is 1.09 bits per heavy atom. The van der Waals surface area contributed by atoms with E-state index >= 15 is 0 Å². The highest BCUT2D eigenvalue weighted by atomic mass is 32.2. The summed E-state index contributed by atoms with van der Waals surface area (Å²) in [5.74, 6) is 0.737. The average molecular weight is 463 g/mol. The van der Waals surface area contributed by atoms with Crippen molar-refractivity contribution in [1.82, 2.24) is 4.72 Å². The van der Waals surface area contributed by atoms with Gasteiger partial charge in [0.2, 0.25) is 5.09 Å². The van der Waals surface area contributed by atoms with Crippen molar-refractivity contribution in [3.63, 3.8) is 0 Å². The highest BCUT2D eigenvalue weighted by Crippen LogP contribution is 2.37. The molecule has 3 N–H and O–H groups in total. The monoisotopic (exact) mass is 462 g/mol. The maximum atomic E-state index is 12.9. The van der Waals surface area contributed by atoms with Crippen LogP contribution in [0.4, 0.5) is 10.5 Å². The molecule has 1 aliphatic rings. The third-order valence-electron chi connectivity index (χ3n) is 6.00. The van der Waals surface area contributed by atoms with Gasteiger partial charge in [0, 0.05) is 23.7 Å². The Bertz CT molecular complexity index is 1080. The Morgan fingerprint density at radius 2 is 1.69 bits per heavy atom. The lowest BCUT2D eigenvalue weighted by Gasteiger charge is -2.21. The van der Waals surface area contributed by atoms with Crippen LogP contribution >= 0.6 is 0 Å². The van der Waals surface area contributed by atoms with E-state index in [1.807, 2.05) is 46.8 Å². The smallest absolute Gasteiger partial charge is 0.333 e. The topological polar surface area (TPSA) is 109 Å². The van der Waals surface area contributed by atoms with Crippen molar-refractivity contribution in [3.05, 3.63) is 46.2 Å². The number of carbonyl (C=O) groups excluding carboxylic acids is 1. The molecule has 0 aliphatic heterocycles. The van der Waals surface area contributed by atoms with Gasteiger partial charge in [0.25, 0.3) is 10.0 Å². The van der Waals surface area contributed by atoms with Gasteiger partial charge in [-0.3, -0.25) is 0 Å². The van der Waals surface area contributed by atoms with Crippen LogP contribution in [0.15, 0.2) is 27.7 Å². The van der Waals surface area contributed by atoms with Gasteiger partial charge >= 0.3 is 6.03 Å². The van der Waals surface area contributed by atoms with Crippen LogP contribution in [0.3, 0.4) is 0 Å². The third kappa shape index (κ3) is 5.02. The first-order chi connectivity index (χ1) is 14.8. The first-order valence-corrected chi connectivity index (χ1v) is 12.6. The van der Waals surface area contributed by atoms with E-state index in [0.29, 0.717) is 29.9 Å². The van der Waals surface area contributed by atoms with Gasteiger partial charge in [0.05, 0.1) is 5.60 Å². The van der Waals surface area contributed by atoms with Crippen LogP contribution in [0.25, 0.3) is 0 Å². The van der Waals surface area contributed by atoms with E-state index in [2.05, 4.69) is 10.0 Å². The minimum atomic E-state index is -4.25. The molecule has 0 saturated heterocycles. The van der Waals surface area contributed by atoms with Gasteiger partial charge in [-0.2, -0.15) is 8.42 Å². The fraction of sp³-hybridized carbons (Fsp3) is 0.542. The molecule has 1 heterocycles. The van der Waals surface area contributed by atoms with Gasteiger partial charge in [-0.15, -0.1) is 0 Å². The van der Waals surface area contributed by atoms with Gasteiger partial charge in [-0.05, 0) is 56.1 Å². The molecule has 2 aromatic rings. The SMILES string of the molecule is Cc1cc(C(C)C)c(NC(=O)NS(=O)(=O)c2cc3c(o2)CCCCC3(C)O)c(C(C)C)c1. The van der Waals surface area contributed by atoms with Gasteiger partial charge in [0.1, 0.15) is 5.76 Å². The Labute approximate surface area is 190 Å². The number of urea groups is 1. The zero-order valence-corrected chi connectivity index (χ0v) is 20.5. The van der Waals surface area contributed by atoms with Crippen molar-refractivity contribution in [1.29, 1.82) is 0 Å². The number of amides is 2. The molecule has 3 rings (SSSR count). The van der Waals surface area contributed by atoms with Crippen molar-refractivity contribution >= 4 is 21.7 Å². The van der Waals surface area contributed by atoms with Gasteiger partial charge in [-0.25, -0.2) is 9.52 Å². The molecule has 7 nitrogen and oxygen atoms in total. The Morgan fingerprint density at radius 3 is 2.25 bits per heavy atom. The number of hydrogen-bond acceptors (Lipinski definition) is 5. The summed E-state index contributed by atoms with van der Waals surface area (Å²) in [7, 11) is -4.25. The van der Waals surface area contributed by atoms with E-state index in [-0.39, 0.29) is 16.9 Å². The number of nitrogens with one attached hydrogen (secondary N) is 2. The molecule has 0 fully saturated rings. The quantitative estimate of drug-likeness (QED) is 0.524. The van der Waals surface area contributed by atoms with E-state index in [9.17, 15) is 18.3 Å². The van der Waals surface area contributed by atoms with Gasteiger partial charge in [-0.1, -0.05) is 45.4 Å². The lowest BCUT2D eigenvalue weighted by molar-refractivity contribution is 0.0468. The number of anilines is 1. The fourth-order valence-electron chi connectivity index (χ4n) is 4.28. The van der Waals surface area contributed by atoms with Crippen LogP contribution in [0.5, 0.6) is 0 Å². The highest BCUT2D eigenvalue weighted by Gasteiger charge is 2.34. The predicted molar refractivity (Wildman–Crippen MR) is 125 cm³/mol. The summed E-state index contributed by atoms with van der Waals surface area (Å²) in [5, 5.41) is 13.1. The number of benzene rings is 1. The maximum absolute atomic E-state index is 12.9. The molecule has 0 saturated carbocycles. The standard InChI is InChI=1S/C24H34N2O5S/c1-14(2)17-11-16(5)12-18(15(3)4)22(17)25-23(27)26-32(29,30)21-13-19-20(31-21)9-7-8-10-24(19,6)28/h11-15,28H,7-10H2,1-6H3,(H2,25,26,27). The van der Waals surface area contributed by atoms with Crippen molar-refractivity contribution in [2.24, 2.45) is 0 Å². The summed E-state index contributed by atoms with van der Waals surface area (Å²) in [6.07, 6.45) is 2.70. The molecule has 1 aromatic heterocycles. The molecule has 1 aromatic carbocycles. The summed E-state index contributed by atoms with van der Waals surface area (Å²) >= 11 is 0. The number of hydrogen-bond donors (Lipinski definition) is 3. The van der Waals surface area contributed by atoms with E-state index < -0.39 is 21.7 Å².